The van der Waals surface area contributed by atoms with Gasteiger partial charge in [-0.15, -0.1) is 16.4 Å². The van der Waals surface area contributed by atoms with Crippen LogP contribution in [0, 0.1) is 6.92 Å². The highest BCUT2D eigenvalue weighted by Gasteiger charge is 2.28. The van der Waals surface area contributed by atoms with E-state index in [-0.39, 0.29) is 5.91 Å². The molecule has 8 heteroatoms. The summed E-state index contributed by atoms with van der Waals surface area (Å²) in [4.78, 5) is 26.7. The van der Waals surface area contributed by atoms with E-state index < -0.39 is 0 Å². The van der Waals surface area contributed by atoms with Gasteiger partial charge in [0, 0.05) is 4.88 Å². The van der Waals surface area contributed by atoms with Crippen molar-refractivity contribution in [1.29, 1.82) is 0 Å². The molecular formula is C18H23N6OS+. The van der Waals surface area contributed by atoms with Crippen LogP contribution in [-0.2, 0) is 6.42 Å². The molecule has 1 amide bonds. The largest absolute Gasteiger partial charge is 0.343 e. The number of carbonyl (C=O) groups excluding carboxylic acids is 1. The van der Waals surface area contributed by atoms with E-state index in [1.54, 1.807) is 15.9 Å². The molecule has 0 unspecified atom stereocenters. The van der Waals surface area contributed by atoms with Crippen molar-refractivity contribution in [2.24, 2.45) is 0 Å². The van der Waals surface area contributed by atoms with E-state index in [1.807, 2.05) is 11.8 Å². The molecule has 0 radical (unpaired) electrons. The van der Waals surface area contributed by atoms with Crippen LogP contribution in [0.15, 0.2) is 0 Å². The lowest BCUT2D eigenvalue weighted by Crippen LogP contribution is -2.89. The van der Waals surface area contributed by atoms with Gasteiger partial charge in [-0.05, 0) is 37.7 Å². The van der Waals surface area contributed by atoms with Gasteiger partial charge < -0.3 is 10.2 Å². The first kappa shape index (κ1) is 16.1. The molecule has 2 N–H and O–H groups in total. The summed E-state index contributed by atoms with van der Waals surface area (Å²) in [6, 6.07) is 0. The lowest BCUT2D eigenvalue weighted by Gasteiger charge is -2.23. The van der Waals surface area contributed by atoms with Gasteiger partial charge >= 0.3 is 0 Å². The third-order valence-electron chi connectivity index (χ3n) is 5.62. The van der Waals surface area contributed by atoms with Crippen molar-refractivity contribution >= 4 is 33.1 Å². The SMILES string of the molecule is Cc1nc2sc3c(c2c2nc(C(=O)N4CC[NH2+]CC4)nn12)[C@H](C)CCC3. The summed E-state index contributed by atoms with van der Waals surface area (Å²) in [6.45, 7) is 7.62. The monoisotopic (exact) mass is 371 g/mol. The minimum atomic E-state index is -0.0634. The second kappa shape index (κ2) is 5.99. The molecule has 136 valence electrons. The molecule has 1 fully saturated rings. The summed E-state index contributed by atoms with van der Waals surface area (Å²) in [5, 5.41) is 7.88. The molecule has 26 heavy (non-hydrogen) atoms. The summed E-state index contributed by atoms with van der Waals surface area (Å²) in [5.41, 5.74) is 2.18. The number of hydrogen-bond acceptors (Lipinski definition) is 5. The van der Waals surface area contributed by atoms with E-state index in [2.05, 4.69) is 17.3 Å². The molecule has 1 saturated heterocycles. The van der Waals surface area contributed by atoms with E-state index >= 15 is 0 Å². The number of piperazine rings is 1. The van der Waals surface area contributed by atoms with Crippen LogP contribution in [-0.4, -0.2) is 56.6 Å². The third kappa shape index (κ3) is 2.35. The van der Waals surface area contributed by atoms with Crippen LogP contribution >= 0.6 is 11.3 Å². The average Bonchev–Trinajstić information content (AvgIpc) is 3.24. The standard InChI is InChI=1S/C18H22N6OS/c1-10-4-3-5-12-13(10)14-16-21-15(18(25)23-8-6-19-7-9-23)22-24(16)11(2)20-17(14)26-12/h10,19H,3-9H2,1-2H3/p+1/t10-/m1/s1. The molecule has 1 atom stereocenters. The Hall–Kier alpha value is -2.06. The Kier molecular flexibility index (Phi) is 3.72. The number of thiophene rings is 1. The number of hydrogen-bond donors (Lipinski definition) is 1. The highest BCUT2D eigenvalue weighted by atomic mass is 32.1. The maximum absolute atomic E-state index is 12.9. The van der Waals surface area contributed by atoms with Crippen LogP contribution in [0.5, 0.6) is 0 Å². The van der Waals surface area contributed by atoms with E-state index in [0.717, 1.165) is 54.3 Å². The Bertz CT molecular complexity index is 1020. The second-order valence-electron chi connectivity index (χ2n) is 7.40. The number of carbonyl (C=O) groups is 1. The molecule has 0 saturated carbocycles. The zero-order valence-corrected chi connectivity index (χ0v) is 16.0. The number of quaternary nitrogens is 1. The fourth-order valence-electron chi connectivity index (χ4n) is 4.27. The molecule has 7 nitrogen and oxygen atoms in total. The molecule has 3 aromatic heterocycles. The number of nitrogens with two attached hydrogens (primary N) is 1. The first-order chi connectivity index (χ1) is 12.6. The van der Waals surface area contributed by atoms with Crippen molar-refractivity contribution in [1.82, 2.24) is 24.5 Å². The zero-order chi connectivity index (χ0) is 17.8. The maximum atomic E-state index is 12.9. The molecule has 0 aromatic carbocycles. The zero-order valence-electron chi connectivity index (χ0n) is 15.2. The molecule has 1 aliphatic carbocycles. The van der Waals surface area contributed by atoms with Crippen molar-refractivity contribution in [3.63, 3.8) is 0 Å². The van der Waals surface area contributed by atoms with Gasteiger partial charge in [0.15, 0.2) is 5.65 Å². The van der Waals surface area contributed by atoms with Gasteiger partial charge in [-0.2, -0.15) is 4.52 Å². The number of nitrogens with zero attached hydrogens (tertiary/aromatic N) is 5. The molecule has 5 rings (SSSR count). The van der Waals surface area contributed by atoms with E-state index in [0.29, 0.717) is 11.7 Å². The van der Waals surface area contributed by atoms with Gasteiger partial charge in [0.05, 0.1) is 31.6 Å². The Morgan fingerprint density at radius 3 is 2.88 bits per heavy atom. The van der Waals surface area contributed by atoms with Crippen molar-refractivity contribution in [2.45, 2.75) is 39.0 Å². The van der Waals surface area contributed by atoms with Crippen molar-refractivity contribution in [3.05, 3.63) is 22.1 Å². The van der Waals surface area contributed by atoms with Gasteiger partial charge in [-0.25, -0.2) is 9.97 Å². The first-order valence-corrected chi connectivity index (χ1v) is 10.2. The molecule has 4 heterocycles. The minimum absolute atomic E-state index is 0.0634. The normalized spacial score (nSPS) is 20.7. The number of rotatable bonds is 1. The van der Waals surface area contributed by atoms with E-state index in [9.17, 15) is 4.79 Å². The Morgan fingerprint density at radius 1 is 1.27 bits per heavy atom. The third-order valence-corrected chi connectivity index (χ3v) is 6.78. The van der Waals surface area contributed by atoms with Crippen LogP contribution in [0.2, 0.25) is 0 Å². The van der Waals surface area contributed by atoms with Gasteiger partial charge in [-0.1, -0.05) is 6.92 Å². The lowest BCUT2D eigenvalue weighted by atomic mass is 9.87. The van der Waals surface area contributed by atoms with Gasteiger partial charge in [0.25, 0.3) is 5.91 Å². The summed E-state index contributed by atoms with van der Waals surface area (Å²) >= 11 is 1.79. The number of amides is 1. The fourth-order valence-corrected chi connectivity index (χ4v) is 5.65. The summed E-state index contributed by atoms with van der Waals surface area (Å²) < 4.78 is 1.76. The molecular weight excluding hydrogens is 348 g/mol. The summed E-state index contributed by atoms with van der Waals surface area (Å²) in [5.74, 6) is 1.53. The Morgan fingerprint density at radius 2 is 2.08 bits per heavy atom. The Labute approximate surface area is 155 Å². The molecule has 1 aliphatic heterocycles. The van der Waals surface area contributed by atoms with Crippen LogP contribution < -0.4 is 5.32 Å². The first-order valence-electron chi connectivity index (χ1n) is 9.43. The average molecular weight is 371 g/mol. The molecule has 0 bridgehead atoms. The van der Waals surface area contributed by atoms with Gasteiger partial charge in [0.1, 0.15) is 10.7 Å². The topological polar surface area (TPSA) is 80.0 Å². The lowest BCUT2D eigenvalue weighted by molar-refractivity contribution is -0.661. The number of aromatic nitrogens is 4. The summed E-state index contributed by atoms with van der Waals surface area (Å²) in [7, 11) is 0. The fraction of sp³-hybridized carbons (Fsp3) is 0.556. The van der Waals surface area contributed by atoms with Crippen molar-refractivity contribution < 1.29 is 10.1 Å². The molecule has 2 aliphatic rings. The number of fused-ring (bicyclic) bond motifs is 5. The van der Waals surface area contributed by atoms with Crippen LogP contribution in [0.3, 0.4) is 0 Å². The van der Waals surface area contributed by atoms with Gasteiger partial charge in [-0.3, -0.25) is 4.79 Å². The second-order valence-corrected chi connectivity index (χ2v) is 8.48. The highest BCUT2D eigenvalue weighted by molar-refractivity contribution is 7.19. The van der Waals surface area contributed by atoms with Gasteiger partial charge in [0.2, 0.25) is 5.82 Å². The maximum Gasteiger partial charge on any atom is 0.293 e. The smallest absolute Gasteiger partial charge is 0.293 e. The van der Waals surface area contributed by atoms with Crippen molar-refractivity contribution in [2.75, 3.05) is 26.2 Å². The van der Waals surface area contributed by atoms with Crippen LogP contribution in [0.25, 0.3) is 15.9 Å². The van der Waals surface area contributed by atoms with Crippen LogP contribution in [0.1, 0.15) is 52.6 Å². The molecule has 3 aromatic rings. The van der Waals surface area contributed by atoms with E-state index in [4.69, 9.17) is 9.97 Å². The Balaban J connectivity index is 1.69. The molecule has 0 spiro atoms. The highest BCUT2D eigenvalue weighted by Crippen LogP contribution is 2.42. The van der Waals surface area contributed by atoms with Crippen molar-refractivity contribution in [3.8, 4) is 0 Å². The van der Waals surface area contributed by atoms with Crippen LogP contribution in [0.4, 0.5) is 0 Å². The minimum Gasteiger partial charge on any atom is -0.343 e. The summed E-state index contributed by atoms with van der Waals surface area (Å²) in [6.07, 6.45) is 3.55. The number of aryl methyl sites for hydroxylation is 2. The predicted molar refractivity (Wildman–Crippen MR) is 99.8 cm³/mol. The predicted octanol–water partition coefficient (Wildman–Crippen LogP) is 1.11. The van der Waals surface area contributed by atoms with E-state index in [1.165, 1.54) is 23.3 Å². The quantitative estimate of drug-likeness (QED) is 0.695.